The highest BCUT2D eigenvalue weighted by molar-refractivity contribution is 5.89. The smallest absolute Gasteiger partial charge is 0.319 e. The lowest BCUT2D eigenvalue weighted by molar-refractivity contribution is 0.184. The standard InChI is InChI=1S/C14H19N5O2/c1-9(20)6-7-15-14(21)17-12-5-3-4-11(8-12)13-16-10(2)18-19-13/h3-5,8-9,20H,6-7H2,1-2H3,(H2,15,17,21)(H,16,18,19). The first kappa shape index (κ1) is 15.0. The summed E-state index contributed by atoms with van der Waals surface area (Å²) < 4.78 is 0. The van der Waals surface area contributed by atoms with E-state index in [4.69, 9.17) is 5.11 Å². The SMILES string of the molecule is Cc1nc(-c2cccc(NC(=O)NCCC(C)O)c2)n[nH]1. The molecule has 0 saturated heterocycles. The number of carbonyl (C=O) groups is 1. The van der Waals surface area contributed by atoms with E-state index in [1.54, 1.807) is 19.1 Å². The van der Waals surface area contributed by atoms with E-state index in [0.717, 1.165) is 11.4 Å². The Kier molecular flexibility index (Phi) is 4.89. The van der Waals surface area contributed by atoms with E-state index in [1.165, 1.54) is 0 Å². The summed E-state index contributed by atoms with van der Waals surface area (Å²) in [5.74, 6) is 1.32. The van der Waals surface area contributed by atoms with Crippen molar-refractivity contribution in [3.8, 4) is 11.4 Å². The second-order valence-electron chi connectivity index (χ2n) is 4.84. The fraction of sp³-hybridized carbons (Fsp3) is 0.357. The maximum atomic E-state index is 11.7. The highest BCUT2D eigenvalue weighted by Gasteiger charge is 2.06. The third-order valence-electron chi connectivity index (χ3n) is 2.82. The first-order valence-corrected chi connectivity index (χ1v) is 6.77. The molecule has 0 saturated carbocycles. The third-order valence-corrected chi connectivity index (χ3v) is 2.82. The number of hydrogen-bond acceptors (Lipinski definition) is 4. The largest absolute Gasteiger partial charge is 0.393 e. The van der Waals surface area contributed by atoms with Crippen molar-refractivity contribution in [2.24, 2.45) is 0 Å². The summed E-state index contributed by atoms with van der Waals surface area (Å²) in [7, 11) is 0. The lowest BCUT2D eigenvalue weighted by Gasteiger charge is -2.09. The molecule has 0 fully saturated rings. The maximum Gasteiger partial charge on any atom is 0.319 e. The van der Waals surface area contributed by atoms with Crippen molar-refractivity contribution >= 4 is 11.7 Å². The van der Waals surface area contributed by atoms with E-state index in [1.807, 2.05) is 19.1 Å². The lowest BCUT2D eigenvalue weighted by atomic mass is 10.2. The fourth-order valence-electron chi connectivity index (χ4n) is 1.78. The molecule has 0 aliphatic carbocycles. The molecule has 0 spiro atoms. The van der Waals surface area contributed by atoms with Crippen LogP contribution in [0.25, 0.3) is 11.4 Å². The molecule has 2 rings (SSSR count). The third kappa shape index (κ3) is 4.57. The molecule has 0 bridgehead atoms. The second-order valence-corrected chi connectivity index (χ2v) is 4.84. The van der Waals surface area contributed by atoms with Crippen molar-refractivity contribution in [2.75, 3.05) is 11.9 Å². The van der Waals surface area contributed by atoms with Gasteiger partial charge in [0.1, 0.15) is 5.82 Å². The summed E-state index contributed by atoms with van der Waals surface area (Å²) >= 11 is 0. The minimum Gasteiger partial charge on any atom is -0.393 e. The Balaban J connectivity index is 1.96. The molecule has 2 amide bonds. The number of anilines is 1. The van der Waals surface area contributed by atoms with Gasteiger partial charge < -0.3 is 15.7 Å². The minimum atomic E-state index is -0.428. The second kappa shape index (κ2) is 6.85. The Morgan fingerprint density at radius 1 is 1.48 bits per heavy atom. The summed E-state index contributed by atoms with van der Waals surface area (Å²) in [5.41, 5.74) is 1.48. The topological polar surface area (TPSA) is 103 Å². The molecular formula is C14H19N5O2. The van der Waals surface area contributed by atoms with Crippen LogP contribution in [0.4, 0.5) is 10.5 Å². The molecule has 21 heavy (non-hydrogen) atoms. The van der Waals surface area contributed by atoms with Crippen molar-refractivity contribution in [1.29, 1.82) is 0 Å². The molecule has 7 heteroatoms. The number of urea groups is 1. The Labute approximate surface area is 122 Å². The van der Waals surface area contributed by atoms with Crippen molar-refractivity contribution < 1.29 is 9.90 Å². The summed E-state index contributed by atoms with van der Waals surface area (Å²) in [5, 5.41) is 21.4. The molecule has 0 aliphatic rings. The number of nitrogens with one attached hydrogen (secondary N) is 3. The zero-order valence-electron chi connectivity index (χ0n) is 12.1. The van der Waals surface area contributed by atoms with Gasteiger partial charge in [-0.3, -0.25) is 5.10 Å². The average Bonchev–Trinajstić information content (AvgIpc) is 2.85. The number of aryl methyl sites for hydroxylation is 1. The number of aromatic nitrogens is 3. The van der Waals surface area contributed by atoms with E-state index in [9.17, 15) is 4.79 Å². The molecule has 0 aliphatic heterocycles. The monoisotopic (exact) mass is 289 g/mol. The Bertz CT molecular complexity index is 609. The molecule has 1 aromatic heterocycles. The summed E-state index contributed by atoms with van der Waals surface area (Å²) in [4.78, 5) is 16.0. The summed E-state index contributed by atoms with van der Waals surface area (Å²) in [6.45, 7) is 3.93. The van der Waals surface area contributed by atoms with Crippen LogP contribution in [0, 0.1) is 6.92 Å². The van der Waals surface area contributed by atoms with Crippen LogP contribution in [0.1, 0.15) is 19.2 Å². The molecule has 1 aromatic carbocycles. The molecular weight excluding hydrogens is 270 g/mol. The van der Waals surface area contributed by atoms with Crippen LogP contribution in [-0.4, -0.2) is 39.0 Å². The van der Waals surface area contributed by atoms with Crippen LogP contribution in [0.5, 0.6) is 0 Å². The first-order valence-electron chi connectivity index (χ1n) is 6.77. The number of aliphatic hydroxyl groups excluding tert-OH is 1. The van der Waals surface area contributed by atoms with E-state index in [0.29, 0.717) is 24.5 Å². The zero-order chi connectivity index (χ0) is 15.2. The van der Waals surface area contributed by atoms with Crippen LogP contribution in [0.3, 0.4) is 0 Å². The zero-order valence-corrected chi connectivity index (χ0v) is 12.1. The Morgan fingerprint density at radius 2 is 2.29 bits per heavy atom. The van der Waals surface area contributed by atoms with Gasteiger partial charge in [0.15, 0.2) is 5.82 Å². The number of H-pyrrole nitrogens is 1. The van der Waals surface area contributed by atoms with E-state index < -0.39 is 6.10 Å². The molecule has 0 radical (unpaired) electrons. The molecule has 112 valence electrons. The van der Waals surface area contributed by atoms with Crippen LogP contribution in [0.15, 0.2) is 24.3 Å². The van der Waals surface area contributed by atoms with Crippen LogP contribution in [-0.2, 0) is 0 Å². The van der Waals surface area contributed by atoms with E-state index in [-0.39, 0.29) is 6.03 Å². The van der Waals surface area contributed by atoms with Gasteiger partial charge in [-0.1, -0.05) is 12.1 Å². The molecule has 7 nitrogen and oxygen atoms in total. The molecule has 4 N–H and O–H groups in total. The lowest BCUT2D eigenvalue weighted by Crippen LogP contribution is -2.30. The number of nitrogens with zero attached hydrogens (tertiary/aromatic N) is 2. The Morgan fingerprint density at radius 3 is 2.95 bits per heavy atom. The first-order chi connectivity index (χ1) is 10.0. The number of amides is 2. The van der Waals surface area contributed by atoms with Crippen molar-refractivity contribution in [3.05, 3.63) is 30.1 Å². The predicted octanol–water partition coefficient (Wildman–Crippen LogP) is 1.67. The molecule has 1 unspecified atom stereocenters. The average molecular weight is 289 g/mol. The summed E-state index contributed by atoms with van der Waals surface area (Å²) in [6, 6.07) is 6.98. The van der Waals surface area contributed by atoms with Gasteiger partial charge in [0.05, 0.1) is 6.10 Å². The van der Waals surface area contributed by atoms with E-state index in [2.05, 4.69) is 25.8 Å². The van der Waals surface area contributed by atoms with Crippen molar-refractivity contribution in [2.45, 2.75) is 26.4 Å². The number of aromatic amines is 1. The fourth-order valence-corrected chi connectivity index (χ4v) is 1.78. The molecule has 1 heterocycles. The predicted molar refractivity (Wildman–Crippen MR) is 79.9 cm³/mol. The normalized spacial score (nSPS) is 12.0. The van der Waals surface area contributed by atoms with Crippen LogP contribution < -0.4 is 10.6 Å². The number of carbonyl (C=O) groups excluding carboxylic acids is 1. The van der Waals surface area contributed by atoms with E-state index >= 15 is 0 Å². The maximum absolute atomic E-state index is 11.7. The quantitative estimate of drug-likeness (QED) is 0.672. The van der Waals surface area contributed by atoms with Crippen molar-refractivity contribution in [3.63, 3.8) is 0 Å². The number of aliphatic hydroxyl groups is 1. The van der Waals surface area contributed by atoms with Crippen LogP contribution in [0.2, 0.25) is 0 Å². The Hall–Kier alpha value is -2.41. The van der Waals surface area contributed by atoms with Gasteiger partial charge in [-0.15, -0.1) is 0 Å². The number of benzene rings is 1. The molecule has 2 aromatic rings. The van der Waals surface area contributed by atoms with Gasteiger partial charge >= 0.3 is 6.03 Å². The van der Waals surface area contributed by atoms with Gasteiger partial charge in [-0.2, -0.15) is 5.10 Å². The minimum absolute atomic E-state index is 0.307. The molecule has 1 atom stereocenters. The summed E-state index contributed by atoms with van der Waals surface area (Å²) in [6.07, 6.45) is 0.0896. The number of hydrogen-bond donors (Lipinski definition) is 4. The van der Waals surface area contributed by atoms with Crippen LogP contribution >= 0.6 is 0 Å². The van der Waals surface area contributed by atoms with Gasteiger partial charge in [0, 0.05) is 17.8 Å². The number of rotatable bonds is 5. The van der Waals surface area contributed by atoms with Gasteiger partial charge in [0.2, 0.25) is 0 Å². The van der Waals surface area contributed by atoms with Gasteiger partial charge in [-0.25, -0.2) is 9.78 Å². The van der Waals surface area contributed by atoms with Crippen molar-refractivity contribution in [1.82, 2.24) is 20.5 Å². The van der Waals surface area contributed by atoms with Gasteiger partial charge in [0.25, 0.3) is 0 Å². The highest BCUT2D eigenvalue weighted by atomic mass is 16.3. The highest BCUT2D eigenvalue weighted by Crippen LogP contribution is 2.19. The van der Waals surface area contributed by atoms with Gasteiger partial charge in [-0.05, 0) is 32.4 Å².